The van der Waals surface area contributed by atoms with E-state index in [9.17, 15) is 22.0 Å². The highest BCUT2D eigenvalue weighted by atomic mass is 32.2. The molecule has 170 valence electrons. The van der Waals surface area contributed by atoms with Crippen molar-refractivity contribution in [2.75, 3.05) is 0 Å². The van der Waals surface area contributed by atoms with Crippen LogP contribution in [-0.2, 0) is 14.6 Å². The monoisotopic (exact) mass is 471 g/mol. The summed E-state index contributed by atoms with van der Waals surface area (Å²) in [6, 6.07) is 12.2. The highest BCUT2D eigenvalue weighted by Crippen LogP contribution is 2.36. The zero-order valence-electron chi connectivity index (χ0n) is 17.6. The summed E-state index contributed by atoms with van der Waals surface area (Å²) in [6.07, 6.45) is -0.780. The van der Waals surface area contributed by atoms with Crippen LogP contribution in [0.15, 0.2) is 70.6 Å². The number of rotatable bonds is 6. The number of benzene rings is 3. The SMILES string of the molecule is Cc1cc(C(F)C(=O)O)cc(C)c1Oc1ccc2[nH]cc(S(=O)(=O)c3ccc(F)cc3)c2c1. The summed E-state index contributed by atoms with van der Waals surface area (Å²) >= 11 is 0. The number of H-pyrrole nitrogens is 1. The third-order valence-electron chi connectivity index (χ3n) is 5.24. The molecule has 0 saturated heterocycles. The Hall–Kier alpha value is -3.72. The number of hydrogen-bond donors (Lipinski definition) is 2. The maximum atomic E-state index is 13.9. The maximum absolute atomic E-state index is 13.9. The first-order chi connectivity index (χ1) is 15.6. The largest absolute Gasteiger partial charge is 0.479 e. The van der Waals surface area contributed by atoms with Crippen molar-refractivity contribution in [3.8, 4) is 11.5 Å². The first-order valence-electron chi connectivity index (χ1n) is 9.85. The van der Waals surface area contributed by atoms with E-state index in [1.807, 2.05) is 0 Å². The van der Waals surface area contributed by atoms with Crippen molar-refractivity contribution in [1.29, 1.82) is 0 Å². The van der Waals surface area contributed by atoms with Gasteiger partial charge in [0, 0.05) is 17.1 Å². The van der Waals surface area contributed by atoms with Gasteiger partial charge in [-0.05, 0) is 85.1 Å². The van der Waals surface area contributed by atoms with E-state index < -0.39 is 27.8 Å². The highest BCUT2D eigenvalue weighted by molar-refractivity contribution is 7.91. The minimum absolute atomic E-state index is 0.0126. The lowest BCUT2D eigenvalue weighted by atomic mass is 10.0. The molecule has 4 rings (SSSR count). The molecule has 4 aromatic rings. The van der Waals surface area contributed by atoms with Crippen LogP contribution in [0, 0.1) is 19.7 Å². The molecule has 0 fully saturated rings. The number of aryl methyl sites for hydroxylation is 2. The first-order valence-corrected chi connectivity index (χ1v) is 11.3. The number of ether oxygens (including phenoxy) is 1. The zero-order chi connectivity index (χ0) is 23.9. The van der Waals surface area contributed by atoms with Crippen LogP contribution >= 0.6 is 0 Å². The Labute approximate surface area is 188 Å². The maximum Gasteiger partial charge on any atom is 0.343 e. The third-order valence-corrected chi connectivity index (χ3v) is 7.05. The number of sulfone groups is 1. The van der Waals surface area contributed by atoms with Crippen LogP contribution in [0.2, 0.25) is 0 Å². The van der Waals surface area contributed by atoms with Crippen LogP contribution in [-0.4, -0.2) is 24.5 Å². The Morgan fingerprint density at radius 1 is 1.03 bits per heavy atom. The quantitative estimate of drug-likeness (QED) is 0.355. The van der Waals surface area contributed by atoms with Gasteiger partial charge in [0.25, 0.3) is 0 Å². The van der Waals surface area contributed by atoms with Gasteiger partial charge in [0.05, 0.1) is 9.79 Å². The Bertz CT molecular complexity index is 1450. The van der Waals surface area contributed by atoms with Gasteiger partial charge in [0.15, 0.2) is 0 Å². The molecule has 0 aliphatic carbocycles. The van der Waals surface area contributed by atoms with Gasteiger partial charge < -0.3 is 14.8 Å². The minimum atomic E-state index is -3.92. The summed E-state index contributed by atoms with van der Waals surface area (Å²) < 4.78 is 59.3. The molecule has 1 atom stereocenters. The average molecular weight is 471 g/mol. The molecule has 2 N–H and O–H groups in total. The van der Waals surface area contributed by atoms with E-state index >= 15 is 0 Å². The van der Waals surface area contributed by atoms with Crippen LogP contribution in [0.25, 0.3) is 10.9 Å². The molecule has 0 spiro atoms. The summed E-state index contributed by atoms with van der Waals surface area (Å²) in [5.41, 5.74) is 1.64. The average Bonchev–Trinajstić information content (AvgIpc) is 3.20. The summed E-state index contributed by atoms with van der Waals surface area (Å²) in [6.45, 7) is 3.33. The van der Waals surface area contributed by atoms with Gasteiger partial charge in [-0.15, -0.1) is 0 Å². The number of aromatic nitrogens is 1. The second kappa shape index (κ2) is 8.32. The number of alkyl halides is 1. The van der Waals surface area contributed by atoms with Crippen LogP contribution in [0.4, 0.5) is 8.78 Å². The lowest BCUT2D eigenvalue weighted by Crippen LogP contribution is -2.07. The molecule has 1 heterocycles. The van der Waals surface area contributed by atoms with Crippen LogP contribution in [0.1, 0.15) is 22.9 Å². The van der Waals surface area contributed by atoms with Crippen LogP contribution in [0.3, 0.4) is 0 Å². The molecule has 0 bridgehead atoms. The fourth-order valence-electron chi connectivity index (χ4n) is 3.65. The van der Waals surface area contributed by atoms with E-state index in [-0.39, 0.29) is 15.4 Å². The number of hydrogen-bond acceptors (Lipinski definition) is 4. The second-order valence-corrected chi connectivity index (χ2v) is 9.52. The van der Waals surface area contributed by atoms with Gasteiger partial charge in [0.2, 0.25) is 16.0 Å². The molecular weight excluding hydrogens is 452 g/mol. The molecule has 0 amide bonds. The molecule has 1 unspecified atom stereocenters. The third kappa shape index (κ3) is 4.19. The lowest BCUT2D eigenvalue weighted by Gasteiger charge is -2.15. The number of halogens is 2. The fraction of sp³-hybridized carbons (Fsp3) is 0.125. The molecule has 3 aromatic carbocycles. The minimum Gasteiger partial charge on any atom is -0.479 e. The molecule has 1 aromatic heterocycles. The van der Waals surface area contributed by atoms with Gasteiger partial charge >= 0.3 is 5.97 Å². The van der Waals surface area contributed by atoms with Crippen LogP contribution in [0.5, 0.6) is 11.5 Å². The number of carboxylic acid groups (broad SMARTS) is 1. The first kappa shape index (κ1) is 22.5. The van der Waals surface area contributed by atoms with Crippen LogP contribution < -0.4 is 4.74 Å². The highest BCUT2D eigenvalue weighted by Gasteiger charge is 2.23. The van der Waals surface area contributed by atoms with Crippen molar-refractivity contribution >= 4 is 26.7 Å². The molecule has 9 heteroatoms. The normalized spacial score (nSPS) is 12.6. The summed E-state index contributed by atoms with van der Waals surface area (Å²) in [7, 11) is -3.92. The van der Waals surface area contributed by atoms with Gasteiger partial charge in [-0.25, -0.2) is 22.0 Å². The predicted molar refractivity (Wildman–Crippen MR) is 118 cm³/mol. The topological polar surface area (TPSA) is 96.5 Å². The Morgan fingerprint density at radius 2 is 1.67 bits per heavy atom. The Morgan fingerprint density at radius 3 is 2.27 bits per heavy atom. The summed E-state index contributed by atoms with van der Waals surface area (Å²) in [5, 5.41) is 9.30. The number of carbonyl (C=O) groups is 1. The number of carboxylic acids is 1. The second-order valence-electron chi connectivity index (χ2n) is 7.60. The van der Waals surface area contributed by atoms with Crippen molar-refractivity contribution in [2.24, 2.45) is 0 Å². The number of fused-ring (bicyclic) bond motifs is 1. The van der Waals surface area contributed by atoms with E-state index in [1.165, 1.54) is 30.5 Å². The number of nitrogens with one attached hydrogen (secondary N) is 1. The Balaban J connectivity index is 1.73. The summed E-state index contributed by atoms with van der Waals surface area (Å²) in [5.74, 6) is -1.36. The standard InChI is InChI=1S/C24H19F2NO5S/c1-13-9-15(22(26)24(28)29)10-14(2)23(13)32-17-5-8-20-19(11-17)21(12-27-20)33(30,31)18-6-3-16(25)4-7-18/h3-12,22,27H,1-2H3,(H,28,29). The van der Waals surface area contributed by atoms with Gasteiger partial charge in [0.1, 0.15) is 17.3 Å². The van der Waals surface area contributed by atoms with Gasteiger partial charge in [-0.2, -0.15) is 0 Å². The van der Waals surface area contributed by atoms with Gasteiger partial charge in [-0.1, -0.05) is 0 Å². The van der Waals surface area contributed by atoms with Crippen molar-refractivity contribution in [3.05, 3.63) is 83.3 Å². The number of aromatic amines is 1. The van der Waals surface area contributed by atoms with E-state index in [0.717, 1.165) is 12.1 Å². The van der Waals surface area contributed by atoms with E-state index in [1.54, 1.807) is 32.0 Å². The van der Waals surface area contributed by atoms with Crippen molar-refractivity contribution in [1.82, 2.24) is 4.98 Å². The summed E-state index contributed by atoms with van der Waals surface area (Å²) in [4.78, 5) is 13.8. The fourth-order valence-corrected chi connectivity index (χ4v) is 5.07. The molecular formula is C24H19F2NO5S. The predicted octanol–water partition coefficient (Wildman–Crippen LogP) is 5.64. The number of aliphatic carboxylic acids is 1. The van der Waals surface area contributed by atoms with E-state index in [0.29, 0.717) is 33.5 Å². The Kier molecular flexibility index (Phi) is 5.67. The molecule has 0 aliphatic rings. The smallest absolute Gasteiger partial charge is 0.343 e. The van der Waals surface area contributed by atoms with Gasteiger partial charge in [-0.3, -0.25) is 0 Å². The molecule has 33 heavy (non-hydrogen) atoms. The molecule has 6 nitrogen and oxygen atoms in total. The van der Waals surface area contributed by atoms with Crippen molar-refractivity contribution in [2.45, 2.75) is 29.8 Å². The molecule has 0 radical (unpaired) electrons. The molecule has 0 saturated carbocycles. The van der Waals surface area contributed by atoms with Crippen molar-refractivity contribution in [3.63, 3.8) is 0 Å². The lowest BCUT2D eigenvalue weighted by molar-refractivity contribution is -0.143. The van der Waals surface area contributed by atoms with E-state index in [4.69, 9.17) is 9.84 Å². The molecule has 0 aliphatic heterocycles. The zero-order valence-corrected chi connectivity index (χ0v) is 18.4. The van der Waals surface area contributed by atoms with E-state index in [2.05, 4.69) is 4.98 Å². The van der Waals surface area contributed by atoms with Crippen molar-refractivity contribution < 1.29 is 31.8 Å².